The Morgan fingerprint density at radius 3 is 2.81 bits per heavy atom. The van der Waals surface area contributed by atoms with Crippen molar-refractivity contribution in [1.82, 2.24) is 19.6 Å². The SMILES string of the molecule is O=C1N(CC2CC2)CCCC12CCN(Cc1ccccc1-n1cccn1)C2. The number of para-hydroxylation sites is 1. The van der Waals surface area contributed by atoms with Crippen molar-refractivity contribution in [2.24, 2.45) is 11.3 Å². The van der Waals surface area contributed by atoms with E-state index in [2.05, 4.69) is 39.2 Å². The van der Waals surface area contributed by atoms with Gasteiger partial charge in [0.15, 0.2) is 0 Å². The number of hydrogen-bond donors (Lipinski definition) is 0. The van der Waals surface area contributed by atoms with E-state index in [-0.39, 0.29) is 5.41 Å². The van der Waals surface area contributed by atoms with Crippen LogP contribution in [0.3, 0.4) is 0 Å². The topological polar surface area (TPSA) is 41.4 Å². The molecule has 1 spiro atoms. The number of aromatic nitrogens is 2. The molecular weight excluding hydrogens is 336 g/mol. The second-order valence-corrected chi connectivity index (χ2v) is 8.62. The van der Waals surface area contributed by atoms with Crippen LogP contribution >= 0.6 is 0 Å². The van der Waals surface area contributed by atoms with Crippen LogP contribution in [0.2, 0.25) is 0 Å². The van der Waals surface area contributed by atoms with E-state index in [4.69, 9.17) is 0 Å². The summed E-state index contributed by atoms with van der Waals surface area (Å²) in [5.74, 6) is 1.21. The molecule has 1 atom stereocenters. The monoisotopic (exact) mass is 364 g/mol. The van der Waals surface area contributed by atoms with Gasteiger partial charge in [0.25, 0.3) is 0 Å². The zero-order chi connectivity index (χ0) is 18.3. The van der Waals surface area contributed by atoms with E-state index in [0.717, 1.165) is 63.6 Å². The number of likely N-dealkylation sites (tertiary alicyclic amines) is 2. The largest absolute Gasteiger partial charge is 0.342 e. The Bertz CT molecular complexity index is 813. The number of hydrogen-bond acceptors (Lipinski definition) is 3. The summed E-state index contributed by atoms with van der Waals surface area (Å²) in [7, 11) is 0. The van der Waals surface area contributed by atoms with Crippen LogP contribution in [-0.2, 0) is 11.3 Å². The zero-order valence-corrected chi connectivity index (χ0v) is 15.9. The molecule has 0 radical (unpaired) electrons. The maximum absolute atomic E-state index is 13.2. The zero-order valence-electron chi connectivity index (χ0n) is 15.9. The molecule has 2 saturated heterocycles. The average molecular weight is 364 g/mol. The fraction of sp³-hybridized carbons (Fsp3) is 0.545. The van der Waals surface area contributed by atoms with Crippen molar-refractivity contribution < 1.29 is 4.79 Å². The van der Waals surface area contributed by atoms with Gasteiger partial charge in [-0.25, -0.2) is 4.68 Å². The number of benzene rings is 1. The molecule has 5 heteroatoms. The summed E-state index contributed by atoms with van der Waals surface area (Å²) in [4.78, 5) is 17.9. The van der Waals surface area contributed by atoms with E-state index in [1.807, 2.05) is 23.1 Å². The van der Waals surface area contributed by atoms with E-state index in [9.17, 15) is 4.79 Å². The molecule has 1 saturated carbocycles. The fourth-order valence-electron chi connectivity index (χ4n) is 4.93. The van der Waals surface area contributed by atoms with Crippen LogP contribution < -0.4 is 0 Å². The quantitative estimate of drug-likeness (QED) is 0.819. The average Bonchev–Trinajstić information content (AvgIpc) is 3.17. The summed E-state index contributed by atoms with van der Waals surface area (Å²) in [5, 5.41) is 4.40. The minimum Gasteiger partial charge on any atom is -0.342 e. The Labute approximate surface area is 161 Å². The first-order valence-electron chi connectivity index (χ1n) is 10.3. The lowest BCUT2D eigenvalue weighted by Crippen LogP contribution is -2.50. The van der Waals surface area contributed by atoms with Gasteiger partial charge in [0.2, 0.25) is 5.91 Å². The Kier molecular flexibility index (Phi) is 4.27. The molecule has 0 bridgehead atoms. The highest BCUT2D eigenvalue weighted by Crippen LogP contribution is 2.42. The number of carbonyl (C=O) groups is 1. The normalized spacial score (nSPS) is 26.2. The summed E-state index contributed by atoms with van der Waals surface area (Å²) in [6.07, 6.45) is 9.67. The molecule has 3 fully saturated rings. The molecule has 3 heterocycles. The second kappa shape index (κ2) is 6.79. The van der Waals surface area contributed by atoms with Crippen molar-refractivity contribution in [3.05, 3.63) is 48.3 Å². The molecule has 1 aromatic heterocycles. The van der Waals surface area contributed by atoms with Crippen LogP contribution in [0.15, 0.2) is 42.7 Å². The number of rotatable bonds is 5. The van der Waals surface area contributed by atoms with E-state index in [0.29, 0.717) is 5.91 Å². The third-order valence-corrected chi connectivity index (χ3v) is 6.57. The minimum absolute atomic E-state index is 0.131. The molecule has 3 aliphatic rings. The summed E-state index contributed by atoms with van der Waals surface area (Å²) in [5.41, 5.74) is 2.28. The van der Waals surface area contributed by atoms with E-state index in [1.165, 1.54) is 18.4 Å². The number of piperidine rings is 1. The molecule has 1 aliphatic carbocycles. The lowest BCUT2D eigenvalue weighted by Gasteiger charge is -2.39. The third-order valence-electron chi connectivity index (χ3n) is 6.57. The van der Waals surface area contributed by atoms with Crippen LogP contribution in [0, 0.1) is 11.3 Å². The van der Waals surface area contributed by atoms with Gasteiger partial charge in [-0.3, -0.25) is 9.69 Å². The molecule has 5 nitrogen and oxygen atoms in total. The van der Waals surface area contributed by atoms with Gasteiger partial charge in [-0.1, -0.05) is 18.2 Å². The Hall–Kier alpha value is -2.14. The van der Waals surface area contributed by atoms with Crippen molar-refractivity contribution in [2.75, 3.05) is 26.2 Å². The predicted octanol–water partition coefficient (Wildman–Crippen LogP) is 3.10. The molecule has 2 aromatic rings. The van der Waals surface area contributed by atoms with Gasteiger partial charge >= 0.3 is 0 Å². The Balaban J connectivity index is 1.31. The Morgan fingerprint density at radius 1 is 1.11 bits per heavy atom. The molecule has 0 N–H and O–H groups in total. The highest BCUT2D eigenvalue weighted by Gasteiger charge is 2.48. The summed E-state index contributed by atoms with van der Waals surface area (Å²) in [6, 6.07) is 10.4. The van der Waals surface area contributed by atoms with Crippen molar-refractivity contribution in [3.8, 4) is 5.69 Å². The molecule has 142 valence electrons. The first kappa shape index (κ1) is 17.0. The molecule has 5 rings (SSSR count). The number of amides is 1. The lowest BCUT2D eigenvalue weighted by molar-refractivity contribution is -0.145. The van der Waals surface area contributed by atoms with Gasteiger partial charge < -0.3 is 4.90 Å². The third kappa shape index (κ3) is 3.29. The van der Waals surface area contributed by atoms with Gasteiger partial charge in [0.1, 0.15) is 0 Å². The van der Waals surface area contributed by atoms with Crippen molar-refractivity contribution in [2.45, 2.75) is 38.6 Å². The standard InChI is InChI=1S/C22H28N4O/c27-21-22(9-3-12-25(21)15-18-7-8-18)10-14-24(17-22)16-19-5-1-2-6-20(19)26-13-4-11-23-26/h1-2,4-6,11,13,18H,3,7-10,12,14-17H2. The van der Waals surface area contributed by atoms with Gasteiger partial charge in [-0.05, 0) is 62.3 Å². The Morgan fingerprint density at radius 2 is 2.00 bits per heavy atom. The van der Waals surface area contributed by atoms with Crippen molar-refractivity contribution in [1.29, 1.82) is 0 Å². The van der Waals surface area contributed by atoms with Gasteiger partial charge in [-0.15, -0.1) is 0 Å². The van der Waals surface area contributed by atoms with Gasteiger partial charge in [0.05, 0.1) is 11.1 Å². The molecule has 1 unspecified atom stereocenters. The van der Waals surface area contributed by atoms with E-state index < -0.39 is 0 Å². The van der Waals surface area contributed by atoms with Gasteiger partial charge in [0, 0.05) is 38.6 Å². The molecule has 27 heavy (non-hydrogen) atoms. The first-order chi connectivity index (χ1) is 13.2. The van der Waals surface area contributed by atoms with Crippen LogP contribution in [-0.4, -0.2) is 51.7 Å². The summed E-state index contributed by atoms with van der Waals surface area (Å²) >= 11 is 0. The number of nitrogens with zero attached hydrogens (tertiary/aromatic N) is 4. The highest BCUT2D eigenvalue weighted by atomic mass is 16.2. The minimum atomic E-state index is -0.131. The lowest BCUT2D eigenvalue weighted by atomic mass is 9.78. The highest BCUT2D eigenvalue weighted by molar-refractivity contribution is 5.84. The van der Waals surface area contributed by atoms with E-state index in [1.54, 1.807) is 0 Å². The second-order valence-electron chi connectivity index (χ2n) is 8.62. The van der Waals surface area contributed by atoms with Crippen LogP contribution in [0.4, 0.5) is 0 Å². The summed E-state index contributed by atoms with van der Waals surface area (Å²) in [6.45, 7) is 4.77. The van der Waals surface area contributed by atoms with Crippen LogP contribution in [0.25, 0.3) is 5.69 Å². The van der Waals surface area contributed by atoms with Crippen LogP contribution in [0.5, 0.6) is 0 Å². The predicted molar refractivity (Wildman–Crippen MR) is 104 cm³/mol. The molecule has 1 aromatic carbocycles. The van der Waals surface area contributed by atoms with Gasteiger partial charge in [-0.2, -0.15) is 5.10 Å². The van der Waals surface area contributed by atoms with Crippen molar-refractivity contribution in [3.63, 3.8) is 0 Å². The smallest absolute Gasteiger partial charge is 0.230 e. The fourth-order valence-corrected chi connectivity index (χ4v) is 4.93. The maximum atomic E-state index is 13.2. The molecule has 2 aliphatic heterocycles. The van der Waals surface area contributed by atoms with Crippen LogP contribution in [0.1, 0.15) is 37.7 Å². The van der Waals surface area contributed by atoms with E-state index >= 15 is 0 Å². The van der Waals surface area contributed by atoms with Crippen molar-refractivity contribution >= 4 is 5.91 Å². The first-order valence-corrected chi connectivity index (χ1v) is 10.3. The molecular formula is C22H28N4O. The number of carbonyl (C=O) groups excluding carboxylic acids is 1. The summed E-state index contributed by atoms with van der Waals surface area (Å²) < 4.78 is 1.93. The maximum Gasteiger partial charge on any atom is 0.230 e. The molecule has 1 amide bonds.